The number of anilines is 1. The van der Waals surface area contributed by atoms with Gasteiger partial charge in [-0.3, -0.25) is 77.0 Å². The lowest BCUT2D eigenvalue weighted by Gasteiger charge is -2.28. The molecule has 24 N–H and O–H groups in total. The van der Waals surface area contributed by atoms with Crippen LogP contribution in [0.5, 0.6) is 0 Å². The van der Waals surface area contributed by atoms with Crippen LogP contribution in [0.25, 0.3) is 0 Å². The maximum atomic E-state index is 14.3. The van der Waals surface area contributed by atoms with Crippen molar-refractivity contribution in [2.24, 2.45) is 82.5 Å². The van der Waals surface area contributed by atoms with Crippen LogP contribution in [-0.4, -0.2) is 191 Å². The highest BCUT2D eigenvalue weighted by molar-refractivity contribution is 8.00. The molecule has 2 aromatic carbocycles. The Morgan fingerprint density at radius 1 is 0.695 bits per heavy atom. The summed E-state index contributed by atoms with van der Waals surface area (Å²) in [6.07, 6.45) is 12.1. The molecule has 0 aliphatic carbocycles. The van der Waals surface area contributed by atoms with Crippen molar-refractivity contribution in [3.05, 3.63) is 89.2 Å². The smallest absolute Gasteiger partial charge is 0.294 e. The van der Waals surface area contributed by atoms with Crippen molar-refractivity contribution in [1.29, 1.82) is 0 Å². The highest BCUT2D eigenvalue weighted by Gasteiger charge is 2.42. The highest BCUT2D eigenvalue weighted by Crippen LogP contribution is 2.48. The first kappa shape index (κ1) is 87.9. The standard InChI is InChI=1S/C68H107N21O13S3/c1-8-78-53(67(4,5)45-37-43(104(98)99)27-26-41(45)2)23-11-9-12-24-54-68(6,7)46-38-44(105(100,101)102)28-29-51(46)88(54)35-14-10-13-25-55(90)79-34-36-89-56(91)39-52(62(89)97)103-40-50(57(69)92)87-61(96)49(22-18-33-83-66(76)77)86-60(95)48(21-17-32-82-65(74)75)85-59(94)47(20-16-31-81-64(72)73)84-58(93)42(3)19-15-30-80-63(70)71/h9,11-12,23-24,26-29,37-38,42,47-50,52H,8,10,13-22,25,30-36,39-40H2,1-7H3,(H2,69,92)(H,79,90)(H,84,93)(H,85,94)(H,86,95)(H,87,96)(H,98,99)(H4,70,71,80)(H4,72,73,81)(H4,74,75,82)(H4,76,77,83)(H,100,101,102)/p-1/b12-9+,23-11+,54-24+,78-53?/t42-,47-,48-,49-,50-,52?/m1/s1. The van der Waals surface area contributed by atoms with Crippen molar-refractivity contribution in [3.8, 4) is 0 Å². The van der Waals surface area contributed by atoms with Gasteiger partial charge in [0.15, 0.2) is 23.8 Å². The zero-order valence-electron chi connectivity index (χ0n) is 60.8. The van der Waals surface area contributed by atoms with Crippen LogP contribution in [0.4, 0.5) is 5.69 Å². The molecule has 1 saturated heterocycles. The van der Waals surface area contributed by atoms with Crippen LogP contribution in [-0.2, 0) is 70.4 Å². The molecule has 2 aliphatic rings. The first-order valence-electron chi connectivity index (χ1n) is 34.6. The van der Waals surface area contributed by atoms with Crippen molar-refractivity contribution in [1.82, 2.24) is 31.5 Å². The summed E-state index contributed by atoms with van der Waals surface area (Å²) in [5.74, 6) is -7.08. The molecule has 0 saturated carbocycles. The highest BCUT2D eigenvalue weighted by atomic mass is 32.2. The third-order valence-electron chi connectivity index (χ3n) is 17.5. The summed E-state index contributed by atoms with van der Waals surface area (Å²) < 4.78 is 58.3. The maximum Gasteiger partial charge on any atom is 0.294 e. The number of imide groups is 1. The number of aryl methyl sites for hydroxylation is 1. The molecule has 2 aliphatic heterocycles. The number of nitrogens with two attached hydrogens (primary N) is 9. The number of primary amides is 1. The molecule has 1 fully saturated rings. The van der Waals surface area contributed by atoms with E-state index in [0.717, 1.165) is 44.9 Å². The van der Waals surface area contributed by atoms with Gasteiger partial charge in [0.25, 0.3) is 10.1 Å². The van der Waals surface area contributed by atoms with Crippen molar-refractivity contribution in [2.45, 2.75) is 182 Å². The van der Waals surface area contributed by atoms with E-state index in [1.165, 1.54) is 12.1 Å². The van der Waals surface area contributed by atoms with Gasteiger partial charge < -0.3 is 87.6 Å². The molecular weight excluding hydrogens is 1420 g/mol. The number of aliphatic imine (C=N–C) groups is 5. The van der Waals surface area contributed by atoms with Crippen LogP contribution in [0.15, 0.2) is 107 Å². The van der Waals surface area contributed by atoms with Crippen molar-refractivity contribution >= 4 is 115 Å². The van der Waals surface area contributed by atoms with E-state index in [1.807, 2.05) is 71.9 Å². The number of nitrogens with one attached hydrogen (secondary N) is 5. The normalized spacial score (nSPS) is 16.5. The number of fused-ring (bicyclic) bond motifs is 1. The molecule has 0 aromatic heterocycles. The van der Waals surface area contributed by atoms with Crippen molar-refractivity contribution in [2.75, 3.05) is 63.0 Å². The number of amides is 8. The number of carbonyl (C=O) groups excluding carboxylic acids is 8. The van der Waals surface area contributed by atoms with Gasteiger partial charge in [0.1, 0.15) is 24.2 Å². The molecule has 37 heteroatoms. The van der Waals surface area contributed by atoms with Crippen LogP contribution in [0.2, 0.25) is 0 Å². The fourth-order valence-electron chi connectivity index (χ4n) is 11.8. The average molecular weight is 1520 g/mol. The predicted molar refractivity (Wildman–Crippen MR) is 407 cm³/mol. The zero-order valence-corrected chi connectivity index (χ0v) is 63.2. The molecule has 8 amide bonds. The number of hydrogen-bond donors (Lipinski definition) is 15. The zero-order chi connectivity index (χ0) is 78.4. The fourth-order valence-corrected chi connectivity index (χ4v) is 13.9. The van der Waals surface area contributed by atoms with Gasteiger partial charge in [-0.25, -0.2) is 0 Å². The Hall–Kier alpha value is -9.46. The molecule has 2 unspecified atom stereocenters. The minimum atomic E-state index is -4.53. The van der Waals surface area contributed by atoms with Gasteiger partial charge in [-0.15, -0.1) is 11.8 Å². The number of allylic oxidation sites excluding steroid dienone is 6. The Bertz CT molecular complexity index is 3780. The van der Waals surface area contributed by atoms with Crippen LogP contribution in [0, 0.1) is 12.8 Å². The quantitative estimate of drug-likeness (QED) is 0.00778. The number of rotatable bonds is 45. The number of likely N-dealkylation sites (tertiary alicyclic amines) is 1. The van der Waals surface area contributed by atoms with E-state index in [0.29, 0.717) is 50.8 Å². The largest absolute Gasteiger partial charge is 0.768 e. The van der Waals surface area contributed by atoms with Crippen LogP contribution >= 0.6 is 11.8 Å². The lowest BCUT2D eigenvalue weighted by Crippen LogP contribution is -2.58. The summed E-state index contributed by atoms with van der Waals surface area (Å²) in [5.41, 5.74) is 53.2. The fraction of sp³-hybridized carbons (Fsp3) is 0.544. The summed E-state index contributed by atoms with van der Waals surface area (Å²) in [7, 11) is -4.53. The Balaban J connectivity index is 1.39. The third kappa shape index (κ3) is 28.5. The molecule has 0 spiro atoms. The first-order chi connectivity index (χ1) is 49.4. The molecule has 580 valence electrons. The number of thioether (sulfide) groups is 1. The van der Waals surface area contributed by atoms with E-state index < -0.39 is 109 Å². The van der Waals surface area contributed by atoms with Gasteiger partial charge in [-0.2, -0.15) is 8.42 Å². The predicted octanol–water partition coefficient (Wildman–Crippen LogP) is -0.175. The third-order valence-corrected chi connectivity index (χ3v) is 20.3. The van der Waals surface area contributed by atoms with Crippen molar-refractivity contribution in [3.63, 3.8) is 0 Å². The Morgan fingerprint density at radius 3 is 1.72 bits per heavy atom. The summed E-state index contributed by atoms with van der Waals surface area (Å²) in [4.78, 5) is 133. The second kappa shape index (κ2) is 42.5. The summed E-state index contributed by atoms with van der Waals surface area (Å²) in [6, 6.07) is 4.06. The molecule has 0 radical (unpaired) electrons. The summed E-state index contributed by atoms with van der Waals surface area (Å²) >= 11 is -1.52. The van der Waals surface area contributed by atoms with Gasteiger partial charge in [-0.05, 0) is 148 Å². The minimum Gasteiger partial charge on any atom is -0.768 e. The van der Waals surface area contributed by atoms with E-state index >= 15 is 0 Å². The number of unbranched alkanes of at least 4 members (excludes halogenated alkanes) is 2. The molecule has 34 nitrogen and oxygen atoms in total. The van der Waals surface area contributed by atoms with Crippen LogP contribution in [0.1, 0.15) is 142 Å². The Kier molecular flexibility index (Phi) is 35.6. The minimum absolute atomic E-state index is 0.0145. The lowest BCUT2D eigenvalue weighted by atomic mass is 9.77. The molecule has 105 heavy (non-hydrogen) atoms. The first-order valence-corrected chi connectivity index (χ1v) is 38.1. The Morgan fingerprint density at radius 2 is 1.22 bits per heavy atom. The molecule has 7 atom stereocenters. The number of guanidine groups is 4. The number of nitrogens with zero attached hydrogens (tertiary/aromatic N) is 7. The van der Waals surface area contributed by atoms with Crippen LogP contribution in [0.3, 0.4) is 0 Å². The van der Waals surface area contributed by atoms with Gasteiger partial charge in [0, 0.05) is 110 Å². The topological polar surface area (TPSA) is 594 Å². The lowest BCUT2D eigenvalue weighted by molar-refractivity contribution is -0.138. The second-order valence-electron chi connectivity index (χ2n) is 26.3. The van der Waals surface area contributed by atoms with E-state index in [4.69, 9.17) is 56.6 Å². The monoisotopic (exact) mass is 1520 g/mol. The molecule has 4 rings (SSSR count). The van der Waals surface area contributed by atoms with E-state index in [2.05, 4.69) is 51.5 Å². The molecule has 2 aromatic rings. The Labute approximate surface area is 620 Å². The van der Waals surface area contributed by atoms with Crippen molar-refractivity contribution < 1.29 is 60.1 Å². The number of hydrogen-bond acceptors (Lipinski definition) is 19. The average Bonchev–Trinajstić information content (AvgIpc) is 1.59. The maximum absolute atomic E-state index is 14.3. The van der Waals surface area contributed by atoms with Crippen LogP contribution < -0.4 is 83.1 Å². The van der Waals surface area contributed by atoms with E-state index in [-0.39, 0.29) is 136 Å². The van der Waals surface area contributed by atoms with E-state index in [1.54, 1.807) is 31.2 Å². The van der Waals surface area contributed by atoms with Gasteiger partial charge in [0.05, 0.1) is 10.1 Å². The molecule has 0 bridgehead atoms. The molecular formula is C68H106N21O13S3-. The summed E-state index contributed by atoms with van der Waals surface area (Å²) in [6.45, 7) is 14.6. The van der Waals surface area contributed by atoms with Gasteiger partial charge >= 0.3 is 0 Å². The van der Waals surface area contributed by atoms with Gasteiger partial charge in [-0.1, -0.05) is 65.3 Å². The second-order valence-corrected chi connectivity index (χ2v) is 29.9. The van der Waals surface area contributed by atoms with E-state index in [9.17, 15) is 60.1 Å². The SMILES string of the molecule is CCN=C(/C=C/C=C/C=C1/N(CCCCCC(=O)NCCN2C(=O)CC(SC[C@@H](NC(=O)[C@@H](CCCN=C(N)N)NC(=O)[C@@H](CCCN=C(N)N)NC(=O)[C@@H](CCCN=C(N)N)NC(=O)[C@H](C)CCCN=C(N)N)C(N)=O)C2=O)c2ccc(S(=O)(=O)O)cc2C1(C)C)C(C)(C)c1cc(S(=O)[O-])ccc1C. The summed E-state index contributed by atoms with van der Waals surface area (Å²) in [5, 5.41) is 12.4. The number of benzene rings is 2. The number of carbonyl (C=O) groups is 8. The molecule has 2 heterocycles. The van der Waals surface area contributed by atoms with Gasteiger partial charge in [0.2, 0.25) is 47.3 Å².